The molecule has 6 heteroatoms. The zero-order valence-corrected chi connectivity index (χ0v) is 14.5. The number of nitrogens with one attached hydrogen (secondary N) is 1. The number of nitrogens with zero attached hydrogens (tertiary/aromatic N) is 4. The van der Waals surface area contributed by atoms with E-state index in [9.17, 15) is 4.79 Å². The summed E-state index contributed by atoms with van der Waals surface area (Å²) in [5.41, 5.74) is 1.43. The molecule has 0 saturated carbocycles. The SMILES string of the molecule is O=C(NC1CCN(c2ccccn2)CC1)c1ccccc1-n1cccn1. The first-order valence-electron chi connectivity index (χ1n) is 8.87. The Bertz CT molecular complexity index is 855. The number of hydrogen-bond donors (Lipinski definition) is 1. The highest BCUT2D eigenvalue weighted by Gasteiger charge is 2.23. The van der Waals surface area contributed by atoms with Crippen LogP contribution in [-0.2, 0) is 0 Å². The molecule has 0 unspecified atom stereocenters. The molecular formula is C20H21N5O. The van der Waals surface area contributed by atoms with E-state index >= 15 is 0 Å². The standard InChI is InChI=1S/C20H21N5O/c26-20(17-6-1-2-7-18(17)25-13-5-12-22-25)23-16-9-14-24(15-10-16)19-8-3-4-11-21-19/h1-8,11-13,16H,9-10,14-15H2,(H,23,26). The van der Waals surface area contributed by atoms with Gasteiger partial charge < -0.3 is 10.2 Å². The van der Waals surface area contributed by atoms with E-state index in [0.29, 0.717) is 5.56 Å². The lowest BCUT2D eigenvalue weighted by Crippen LogP contribution is -2.45. The summed E-state index contributed by atoms with van der Waals surface area (Å²) in [5.74, 6) is 0.952. The van der Waals surface area contributed by atoms with Gasteiger partial charge in [0.1, 0.15) is 5.82 Å². The Morgan fingerprint density at radius 1 is 1.00 bits per heavy atom. The molecule has 26 heavy (non-hydrogen) atoms. The number of hydrogen-bond acceptors (Lipinski definition) is 4. The van der Waals surface area contributed by atoms with E-state index in [1.807, 2.05) is 60.9 Å². The van der Waals surface area contributed by atoms with Gasteiger partial charge in [-0.2, -0.15) is 5.10 Å². The average Bonchev–Trinajstić information content (AvgIpc) is 3.24. The van der Waals surface area contributed by atoms with Gasteiger partial charge in [-0.3, -0.25) is 4.79 Å². The second-order valence-corrected chi connectivity index (χ2v) is 6.39. The monoisotopic (exact) mass is 347 g/mol. The lowest BCUT2D eigenvalue weighted by atomic mass is 10.0. The van der Waals surface area contributed by atoms with Crippen LogP contribution in [0.3, 0.4) is 0 Å². The highest BCUT2D eigenvalue weighted by molar-refractivity contribution is 5.97. The third-order valence-electron chi connectivity index (χ3n) is 4.70. The Morgan fingerprint density at radius 3 is 2.54 bits per heavy atom. The minimum absolute atomic E-state index is 0.0487. The molecule has 0 bridgehead atoms. The fraction of sp³-hybridized carbons (Fsp3) is 0.250. The molecule has 2 aromatic heterocycles. The molecule has 0 radical (unpaired) electrons. The zero-order chi connectivity index (χ0) is 17.8. The summed E-state index contributed by atoms with van der Waals surface area (Å²) >= 11 is 0. The first-order chi connectivity index (χ1) is 12.8. The van der Waals surface area contributed by atoms with Gasteiger partial charge in [-0.15, -0.1) is 0 Å². The molecule has 1 amide bonds. The molecule has 1 aliphatic heterocycles. The van der Waals surface area contributed by atoms with Crippen LogP contribution < -0.4 is 10.2 Å². The highest BCUT2D eigenvalue weighted by Crippen LogP contribution is 2.19. The predicted molar refractivity (Wildman–Crippen MR) is 101 cm³/mol. The third kappa shape index (κ3) is 3.44. The summed E-state index contributed by atoms with van der Waals surface area (Å²) in [7, 11) is 0. The van der Waals surface area contributed by atoms with Crippen molar-refractivity contribution in [1.29, 1.82) is 0 Å². The van der Waals surface area contributed by atoms with Gasteiger partial charge in [0.2, 0.25) is 0 Å². The van der Waals surface area contributed by atoms with E-state index in [2.05, 4.69) is 20.3 Å². The highest BCUT2D eigenvalue weighted by atomic mass is 16.1. The molecule has 6 nitrogen and oxygen atoms in total. The average molecular weight is 347 g/mol. The van der Waals surface area contributed by atoms with Crippen molar-refractivity contribution >= 4 is 11.7 Å². The Kier molecular flexibility index (Phi) is 4.64. The molecule has 0 spiro atoms. The quantitative estimate of drug-likeness (QED) is 0.788. The first kappa shape index (κ1) is 16.3. The molecule has 1 aliphatic rings. The Labute approximate surface area is 152 Å². The zero-order valence-electron chi connectivity index (χ0n) is 14.5. The number of para-hydroxylation sites is 1. The normalized spacial score (nSPS) is 15.0. The van der Waals surface area contributed by atoms with E-state index in [-0.39, 0.29) is 11.9 Å². The van der Waals surface area contributed by atoms with Crippen LogP contribution >= 0.6 is 0 Å². The van der Waals surface area contributed by atoms with Gasteiger partial charge in [0, 0.05) is 37.7 Å². The molecule has 132 valence electrons. The van der Waals surface area contributed by atoms with Crippen molar-refractivity contribution in [3.63, 3.8) is 0 Å². The van der Waals surface area contributed by atoms with Crippen LogP contribution in [-0.4, -0.2) is 39.8 Å². The fourth-order valence-corrected chi connectivity index (χ4v) is 3.33. The summed E-state index contributed by atoms with van der Waals surface area (Å²) in [6, 6.07) is 15.5. The van der Waals surface area contributed by atoms with Crippen molar-refractivity contribution in [1.82, 2.24) is 20.1 Å². The molecular weight excluding hydrogens is 326 g/mol. The van der Waals surface area contributed by atoms with E-state index in [0.717, 1.165) is 37.4 Å². The Morgan fingerprint density at radius 2 is 1.81 bits per heavy atom. The number of piperidine rings is 1. The Balaban J connectivity index is 1.41. The van der Waals surface area contributed by atoms with Crippen LogP contribution in [0.1, 0.15) is 23.2 Å². The molecule has 0 atom stereocenters. The smallest absolute Gasteiger partial charge is 0.253 e. The second kappa shape index (κ2) is 7.39. The number of anilines is 1. The van der Waals surface area contributed by atoms with Crippen LogP contribution in [0.2, 0.25) is 0 Å². The molecule has 3 heterocycles. The topological polar surface area (TPSA) is 63.1 Å². The second-order valence-electron chi connectivity index (χ2n) is 6.39. The largest absolute Gasteiger partial charge is 0.356 e. The van der Waals surface area contributed by atoms with Crippen molar-refractivity contribution in [3.8, 4) is 5.69 Å². The number of amides is 1. The number of carbonyl (C=O) groups is 1. The van der Waals surface area contributed by atoms with Gasteiger partial charge in [-0.25, -0.2) is 9.67 Å². The van der Waals surface area contributed by atoms with Gasteiger partial charge in [0.05, 0.1) is 11.3 Å². The minimum atomic E-state index is -0.0487. The van der Waals surface area contributed by atoms with E-state index in [1.54, 1.807) is 10.9 Å². The van der Waals surface area contributed by atoms with Gasteiger partial charge >= 0.3 is 0 Å². The molecule has 1 N–H and O–H groups in total. The van der Waals surface area contributed by atoms with Crippen LogP contribution in [0.4, 0.5) is 5.82 Å². The fourth-order valence-electron chi connectivity index (χ4n) is 3.33. The summed E-state index contributed by atoms with van der Waals surface area (Å²) in [5, 5.41) is 7.43. The van der Waals surface area contributed by atoms with Crippen LogP contribution in [0.15, 0.2) is 67.1 Å². The van der Waals surface area contributed by atoms with Crippen LogP contribution in [0.25, 0.3) is 5.69 Å². The maximum absolute atomic E-state index is 12.8. The minimum Gasteiger partial charge on any atom is -0.356 e. The van der Waals surface area contributed by atoms with Crippen molar-refractivity contribution in [2.75, 3.05) is 18.0 Å². The Hall–Kier alpha value is -3.15. The molecule has 4 rings (SSSR count). The molecule has 1 fully saturated rings. The van der Waals surface area contributed by atoms with Crippen molar-refractivity contribution in [2.45, 2.75) is 18.9 Å². The van der Waals surface area contributed by atoms with Crippen LogP contribution in [0, 0.1) is 0 Å². The molecule has 1 saturated heterocycles. The summed E-state index contributed by atoms with van der Waals surface area (Å²) in [6.07, 6.45) is 7.19. The van der Waals surface area contributed by atoms with Crippen LogP contribution in [0.5, 0.6) is 0 Å². The van der Waals surface area contributed by atoms with Gasteiger partial charge in [0.15, 0.2) is 0 Å². The summed E-state index contributed by atoms with van der Waals surface area (Å²) in [4.78, 5) is 19.5. The first-order valence-corrected chi connectivity index (χ1v) is 8.87. The van der Waals surface area contributed by atoms with Gasteiger partial charge in [-0.05, 0) is 43.2 Å². The maximum Gasteiger partial charge on any atom is 0.253 e. The number of carbonyl (C=O) groups excluding carboxylic acids is 1. The van der Waals surface area contributed by atoms with Crippen molar-refractivity contribution < 1.29 is 4.79 Å². The molecule has 3 aromatic rings. The predicted octanol–water partition coefficient (Wildman–Crippen LogP) is 2.67. The lowest BCUT2D eigenvalue weighted by molar-refractivity contribution is 0.0931. The van der Waals surface area contributed by atoms with Gasteiger partial charge in [-0.1, -0.05) is 18.2 Å². The number of pyridine rings is 1. The molecule has 1 aromatic carbocycles. The van der Waals surface area contributed by atoms with E-state index < -0.39 is 0 Å². The maximum atomic E-state index is 12.8. The number of benzene rings is 1. The third-order valence-corrected chi connectivity index (χ3v) is 4.70. The molecule has 0 aliphatic carbocycles. The van der Waals surface area contributed by atoms with Crippen molar-refractivity contribution in [3.05, 3.63) is 72.7 Å². The number of aromatic nitrogens is 3. The summed E-state index contributed by atoms with van der Waals surface area (Å²) in [6.45, 7) is 1.78. The lowest BCUT2D eigenvalue weighted by Gasteiger charge is -2.33. The van der Waals surface area contributed by atoms with Crippen molar-refractivity contribution in [2.24, 2.45) is 0 Å². The number of rotatable bonds is 4. The van der Waals surface area contributed by atoms with E-state index in [1.165, 1.54) is 0 Å². The summed E-state index contributed by atoms with van der Waals surface area (Å²) < 4.78 is 1.72. The van der Waals surface area contributed by atoms with Gasteiger partial charge in [0.25, 0.3) is 5.91 Å². The van der Waals surface area contributed by atoms with E-state index in [4.69, 9.17) is 0 Å².